The molecule has 154 valence electrons. The van der Waals surface area contributed by atoms with Gasteiger partial charge in [0.2, 0.25) is 0 Å². The van der Waals surface area contributed by atoms with Gasteiger partial charge in [0.25, 0.3) is 0 Å². The Kier molecular flexibility index (Phi) is 4.99. The van der Waals surface area contributed by atoms with E-state index in [0.29, 0.717) is 11.8 Å². The molecule has 0 amide bonds. The molecule has 0 saturated carbocycles. The van der Waals surface area contributed by atoms with E-state index in [4.69, 9.17) is 9.97 Å². The number of H-pyrrole nitrogens is 1. The van der Waals surface area contributed by atoms with Crippen molar-refractivity contribution in [1.29, 1.82) is 0 Å². The van der Waals surface area contributed by atoms with E-state index < -0.39 is 0 Å². The minimum absolute atomic E-state index is 0.427. The quantitative estimate of drug-likeness (QED) is 0.514. The van der Waals surface area contributed by atoms with Crippen LogP contribution in [0.25, 0.3) is 33.1 Å². The normalized spacial score (nSPS) is 17.0. The Morgan fingerprint density at radius 3 is 2.73 bits per heavy atom. The highest BCUT2D eigenvalue weighted by atomic mass is 15.1. The molecule has 1 atom stereocenters. The van der Waals surface area contributed by atoms with Gasteiger partial charge in [-0.2, -0.15) is 0 Å². The highest BCUT2D eigenvalue weighted by molar-refractivity contribution is 5.96. The zero-order valence-corrected chi connectivity index (χ0v) is 18.0. The lowest BCUT2D eigenvalue weighted by Gasteiger charge is -2.32. The van der Waals surface area contributed by atoms with E-state index in [9.17, 15) is 0 Å². The van der Waals surface area contributed by atoms with Crippen LogP contribution in [0.5, 0.6) is 0 Å². The van der Waals surface area contributed by atoms with Crippen molar-refractivity contribution in [3.05, 3.63) is 54.2 Å². The van der Waals surface area contributed by atoms with Gasteiger partial charge in [-0.05, 0) is 75.1 Å². The Labute approximate surface area is 177 Å². The highest BCUT2D eigenvalue weighted by Gasteiger charge is 2.25. The van der Waals surface area contributed by atoms with Crippen molar-refractivity contribution in [2.45, 2.75) is 39.0 Å². The first-order chi connectivity index (χ1) is 14.6. The number of pyridine rings is 1. The van der Waals surface area contributed by atoms with E-state index in [1.54, 1.807) is 6.33 Å². The van der Waals surface area contributed by atoms with E-state index in [1.807, 2.05) is 0 Å². The zero-order chi connectivity index (χ0) is 20.7. The molecular formula is C25H29N5. The molecule has 5 heteroatoms. The van der Waals surface area contributed by atoms with Gasteiger partial charge in [-0.3, -0.25) is 0 Å². The van der Waals surface area contributed by atoms with Crippen LogP contribution in [-0.4, -0.2) is 45.0 Å². The van der Waals surface area contributed by atoms with Gasteiger partial charge >= 0.3 is 0 Å². The van der Waals surface area contributed by atoms with Gasteiger partial charge in [-0.15, -0.1) is 0 Å². The van der Waals surface area contributed by atoms with E-state index in [2.05, 4.69) is 72.3 Å². The van der Waals surface area contributed by atoms with Crippen molar-refractivity contribution >= 4 is 21.9 Å². The Morgan fingerprint density at radius 1 is 1.10 bits per heavy atom. The summed E-state index contributed by atoms with van der Waals surface area (Å²) in [5, 5.41) is 2.34. The lowest BCUT2D eigenvalue weighted by Crippen LogP contribution is -2.32. The van der Waals surface area contributed by atoms with Crippen molar-refractivity contribution < 1.29 is 0 Å². The van der Waals surface area contributed by atoms with Crippen LogP contribution in [0.3, 0.4) is 0 Å². The lowest BCUT2D eigenvalue weighted by atomic mass is 9.82. The van der Waals surface area contributed by atoms with Gasteiger partial charge in [-0.25, -0.2) is 15.0 Å². The van der Waals surface area contributed by atoms with E-state index in [0.717, 1.165) is 28.7 Å². The molecule has 1 N–H and O–H groups in total. The van der Waals surface area contributed by atoms with Crippen LogP contribution >= 0.6 is 0 Å². The van der Waals surface area contributed by atoms with Crippen molar-refractivity contribution in [1.82, 2.24) is 24.8 Å². The monoisotopic (exact) mass is 399 g/mol. The number of hydrogen-bond donors (Lipinski definition) is 1. The maximum atomic E-state index is 4.76. The van der Waals surface area contributed by atoms with E-state index in [-0.39, 0.29) is 0 Å². The number of nitrogens with one attached hydrogen (secondary N) is 1. The van der Waals surface area contributed by atoms with Crippen LogP contribution in [-0.2, 0) is 6.42 Å². The van der Waals surface area contributed by atoms with Crippen LogP contribution in [0, 0.1) is 5.92 Å². The average Bonchev–Trinajstić information content (AvgIpc) is 3.21. The topological polar surface area (TPSA) is 57.7 Å². The summed E-state index contributed by atoms with van der Waals surface area (Å²) >= 11 is 0. The Hall–Kier alpha value is -2.79. The Morgan fingerprint density at radius 2 is 1.93 bits per heavy atom. The molecule has 5 nitrogen and oxygen atoms in total. The molecule has 1 aromatic carbocycles. The fraction of sp³-hybridized carbons (Fsp3) is 0.400. The predicted octanol–water partition coefficient (Wildman–Crippen LogP) is 5.18. The fourth-order valence-electron chi connectivity index (χ4n) is 4.84. The molecule has 1 fully saturated rings. The molecule has 1 aliphatic heterocycles. The van der Waals surface area contributed by atoms with Gasteiger partial charge in [0.15, 0.2) is 0 Å². The zero-order valence-electron chi connectivity index (χ0n) is 18.0. The number of hydrogen-bond acceptors (Lipinski definition) is 4. The van der Waals surface area contributed by atoms with Crippen LogP contribution < -0.4 is 0 Å². The first-order valence-electron chi connectivity index (χ1n) is 11.0. The minimum atomic E-state index is 0.427. The Bertz CT molecular complexity index is 1190. The summed E-state index contributed by atoms with van der Waals surface area (Å²) in [5.74, 6) is 1.10. The first-order valence-corrected chi connectivity index (χ1v) is 11.0. The molecule has 4 aromatic rings. The smallest absolute Gasteiger partial charge is 0.138 e. The second kappa shape index (κ2) is 7.80. The third-order valence-corrected chi connectivity index (χ3v) is 6.84. The number of aromatic nitrogens is 4. The minimum Gasteiger partial charge on any atom is -0.346 e. The number of benzene rings is 1. The SMILES string of the molecule is CCc1ccc2c(-c3ccc4ncnc(C(C)C5CCN(C)CC5)c4c3)c[nH]c2n1. The van der Waals surface area contributed by atoms with Crippen molar-refractivity contribution in [2.24, 2.45) is 5.92 Å². The largest absolute Gasteiger partial charge is 0.346 e. The lowest BCUT2D eigenvalue weighted by molar-refractivity contribution is 0.201. The number of nitrogens with zero attached hydrogens (tertiary/aromatic N) is 4. The standard InChI is InChI=1S/C25H29N5/c1-4-19-6-7-20-22(14-26-25(20)29-19)18-5-8-23-21(13-18)24(28-15-27-23)16(2)17-9-11-30(3)12-10-17/h5-8,13-17H,4,9-12H2,1-3H3,(H,26,29). The molecule has 4 heterocycles. The van der Waals surface area contributed by atoms with Gasteiger partial charge in [0.1, 0.15) is 12.0 Å². The summed E-state index contributed by atoms with van der Waals surface area (Å²) in [5.41, 5.74) is 6.64. The molecule has 0 bridgehead atoms. The summed E-state index contributed by atoms with van der Waals surface area (Å²) in [4.78, 5) is 19.8. The number of aryl methyl sites for hydroxylation is 1. The highest BCUT2D eigenvalue weighted by Crippen LogP contribution is 2.36. The molecule has 0 radical (unpaired) electrons. The summed E-state index contributed by atoms with van der Waals surface area (Å²) in [7, 11) is 2.22. The number of rotatable bonds is 4. The maximum Gasteiger partial charge on any atom is 0.138 e. The molecule has 1 aliphatic rings. The van der Waals surface area contributed by atoms with Crippen molar-refractivity contribution in [3.63, 3.8) is 0 Å². The second-order valence-electron chi connectivity index (χ2n) is 8.67. The molecule has 0 spiro atoms. The summed E-state index contributed by atoms with van der Waals surface area (Å²) in [6.07, 6.45) is 7.20. The van der Waals surface area contributed by atoms with Gasteiger partial charge in [0.05, 0.1) is 11.2 Å². The number of aromatic amines is 1. The summed E-state index contributed by atoms with van der Waals surface area (Å²) in [6.45, 7) is 6.82. The first kappa shape index (κ1) is 19.2. The predicted molar refractivity (Wildman–Crippen MR) is 123 cm³/mol. The maximum absolute atomic E-state index is 4.76. The third-order valence-electron chi connectivity index (χ3n) is 6.84. The number of fused-ring (bicyclic) bond motifs is 2. The third kappa shape index (κ3) is 3.37. The summed E-state index contributed by atoms with van der Waals surface area (Å²) < 4.78 is 0. The molecule has 1 unspecified atom stereocenters. The second-order valence-corrected chi connectivity index (χ2v) is 8.67. The number of likely N-dealkylation sites (tertiary alicyclic amines) is 1. The molecule has 5 rings (SSSR count). The van der Waals surface area contributed by atoms with E-state index in [1.165, 1.54) is 48.1 Å². The molecule has 0 aliphatic carbocycles. The van der Waals surface area contributed by atoms with Gasteiger partial charge < -0.3 is 9.88 Å². The average molecular weight is 400 g/mol. The van der Waals surface area contributed by atoms with Crippen LogP contribution in [0.15, 0.2) is 42.9 Å². The number of piperidine rings is 1. The van der Waals surface area contributed by atoms with Crippen LogP contribution in [0.1, 0.15) is 44.0 Å². The summed E-state index contributed by atoms with van der Waals surface area (Å²) in [6, 6.07) is 10.9. The van der Waals surface area contributed by atoms with Crippen molar-refractivity contribution in [3.8, 4) is 11.1 Å². The molecule has 3 aromatic heterocycles. The molecule has 1 saturated heterocycles. The van der Waals surface area contributed by atoms with Gasteiger partial charge in [0, 0.05) is 34.1 Å². The fourth-order valence-corrected chi connectivity index (χ4v) is 4.84. The Balaban J connectivity index is 1.56. The van der Waals surface area contributed by atoms with Gasteiger partial charge in [-0.1, -0.05) is 19.9 Å². The molecule has 30 heavy (non-hydrogen) atoms. The van der Waals surface area contributed by atoms with Crippen LogP contribution in [0.4, 0.5) is 0 Å². The molecular weight excluding hydrogens is 370 g/mol. The van der Waals surface area contributed by atoms with E-state index >= 15 is 0 Å². The van der Waals surface area contributed by atoms with Crippen LogP contribution in [0.2, 0.25) is 0 Å². The van der Waals surface area contributed by atoms with Crippen molar-refractivity contribution in [2.75, 3.05) is 20.1 Å².